The number of nitrogens with zero attached hydrogens (tertiary/aromatic N) is 3. The van der Waals surface area contributed by atoms with Crippen LogP contribution >= 0.6 is 0 Å². The maximum absolute atomic E-state index is 5.06. The monoisotopic (exact) mass is 758 g/mol. The van der Waals surface area contributed by atoms with E-state index in [0.29, 0.717) is 17.8 Å². The van der Waals surface area contributed by atoms with Crippen LogP contribution in [0.3, 0.4) is 0 Å². The van der Waals surface area contributed by atoms with Gasteiger partial charge in [0.05, 0.1) is 16.6 Å². The number of fused-ring (bicyclic) bond motifs is 15. The first-order valence-electron chi connectivity index (χ1n) is 21.3. The predicted octanol–water partition coefficient (Wildman–Crippen LogP) is 12.6. The molecule has 59 heavy (non-hydrogen) atoms. The van der Waals surface area contributed by atoms with Crippen molar-refractivity contribution in [3.63, 3.8) is 0 Å². The molecule has 5 aliphatic rings. The lowest BCUT2D eigenvalue weighted by Crippen LogP contribution is -2.38. The number of para-hydroxylation sites is 2. The number of imidazole rings is 1. The summed E-state index contributed by atoms with van der Waals surface area (Å²) in [5, 5.41) is 5.30. The van der Waals surface area contributed by atoms with Crippen LogP contribution in [0.4, 0.5) is 5.82 Å². The maximum atomic E-state index is 5.06. The average molecular weight is 759 g/mol. The molecule has 4 nitrogen and oxygen atoms in total. The molecule has 0 saturated carbocycles. The number of rotatable bonds is 4. The first-order chi connectivity index (χ1) is 29.3. The Kier molecular flexibility index (Phi) is 7.04. The molecule has 5 atom stereocenters. The Labute approximate surface area is 344 Å². The van der Waals surface area contributed by atoms with Gasteiger partial charge in [0.2, 0.25) is 0 Å². The molecule has 2 aromatic heterocycles. The van der Waals surface area contributed by atoms with Crippen LogP contribution in [0.25, 0.3) is 55.8 Å². The molecule has 1 aliphatic heterocycles. The molecule has 0 bridgehead atoms. The second-order valence-electron chi connectivity index (χ2n) is 16.9. The van der Waals surface area contributed by atoms with Crippen molar-refractivity contribution in [3.05, 3.63) is 216 Å². The third-order valence-corrected chi connectivity index (χ3v) is 14.2. The van der Waals surface area contributed by atoms with Gasteiger partial charge in [0.1, 0.15) is 11.6 Å². The van der Waals surface area contributed by atoms with Crippen LogP contribution in [-0.4, -0.2) is 20.7 Å². The first-order valence-corrected chi connectivity index (χ1v) is 21.3. The molecule has 6 aromatic carbocycles. The molecule has 1 spiro atoms. The van der Waals surface area contributed by atoms with Gasteiger partial charge in [0.15, 0.2) is 0 Å². The van der Waals surface area contributed by atoms with Crippen molar-refractivity contribution in [2.45, 2.75) is 30.1 Å². The van der Waals surface area contributed by atoms with Crippen LogP contribution in [-0.2, 0) is 11.8 Å². The van der Waals surface area contributed by atoms with E-state index < -0.39 is 0 Å². The summed E-state index contributed by atoms with van der Waals surface area (Å²) in [4.78, 5) is 5.06. The number of aromatic nitrogens is 3. The molecule has 4 heteroatoms. The van der Waals surface area contributed by atoms with Gasteiger partial charge in [-0.05, 0) is 82.6 Å². The highest BCUT2D eigenvalue weighted by Crippen LogP contribution is 2.68. The molecule has 0 saturated heterocycles. The minimum Gasteiger partial charge on any atom is -0.371 e. The van der Waals surface area contributed by atoms with Crippen LogP contribution in [0.15, 0.2) is 188 Å². The molecule has 5 unspecified atom stereocenters. The third-order valence-electron chi connectivity index (χ3n) is 14.2. The Hall–Kier alpha value is -6.91. The van der Waals surface area contributed by atoms with Gasteiger partial charge in [-0.2, -0.15) is 0 Å². The lowest BCUT2D eigenvalue weighted by molar-refractivity contribution is 0.312. The molecule has 1 N–H and O–H groups in total. The number of aryl methyl sites for hydroxylation is 1. The fourth-order valence-corrected chi connectivity index (χ4v) is 11.9. The van der Waals surface area contributed by atoms with Crippen molar-refractivity contribution in [2.24, 2.45) is 11.8 Å². The molecular formula is C55H42N4. The van der Waals surface area contributed by atoms with E-state index in [1.54, 1.807) is 0 Å². The van der Waals surface area contributed by atoms with E-state index >= 15 is 0 Å². The van der Waals surface area contributed by atoms with Gasteiger partial charge in [0, 0.05) is 63.5 Å². The summed E-state index contributed by atoms with van der Waals surface area (Å²) < 4.78 is 4.86. The fourth-order valence-electron chi connectivity index (χ4n) is 11.9. The lowest BCUT2D eigenvalue weighted by Gasteiger charge is -2.40. The van der Waals surface area contributed by atoms with E-state index in [-0.39, 0.29) is 11.3 Å². The number of allylic oxidation sites excluding steroid dienone is 8. The molecule has 3 heterocycles. The molecule has 0 fully saturated rings. The maximum Gasteiger partial charge on any atom is 0.145 e. The predicted molar refractivity (Wildman–Crippen MR) is 242 cm³/mol. The Morgan fingerprint density at radius 3 is 2.02 bits per heavy atom. The SMILES string of the molecule is C1=CC2c3ccccc3C3(c4ccc5c6c(n(-c7ccc(-c8ccc(-n9c(-c%10ccccc%10)nc%10ccccc%109)cc8)cc7)c5c4C4C=CC=CC43)NCCC6)C2C=C1. The second kappa shape index (κ2) is 12.5. The van der Waals surface area contributed by atoms with Gasteiger partial charge < -0.3 is 5.32 Å². The summed E-state index contributed by atoms with van der Waals surface area (Å²) in [6, 6.07) is 51.5. The second-order valence-corrected chi connectivity index (χ2v) is 16.9. The molecule has 13 rings (SSSR count). The summed E-state index contributed by atoms with van der Waals surface area (Å²) in [6.07, 6.45) is 21.4. The number of anilines is 1. The van der Waals surface area contributed by atoms with E-state index in [1.165, 1.54) is 61.4 Å². The first kappa shape index (κ1) is 33.1. The van der Waals surface area contributed by atoms with Crippen molar-refractivity contribution < 1.29 is 0 Å². The topological polar surface area (TPSA) is 34.8 Å². The van der Waals surface area contributed by atoms with Crippen LogP contribution in [0, 0.1) is 11.8 Å². The highest BCUT2D eigenvalue weighted by Gasteiger charge is 2.61. The molecule has 0 amide bonds. The highest BCUT2D eigenvalue weighted by molar-refractivity contribution is 5.97. The zero-order valence-corrected chi connectivity index (χ0v) is 32.7. The van der Waals surface area contributed by atoms with Crippen molar-refractivity contribution >= 4 is 27.8 Å². The Morgan fingerprint density at radius 1 is 0.559 bits per heavy atom. The van der Waals surface area contributed by atoms with E-state index in [2.05, 4.69) is 203 Å². The normalized spacial score (nSPS) is 23.0. The van der Waals surface area contributed by atoms with Gasteiger partial charge in [-0.1, -0.05) is 152 Å². The fraction of sp³-hybridized carbons (Fsp3) is 0.145. The highest BCUT2D eigenvalue weighted by atomic mass is 15.1. The van der Waals surface area contributed by atoms with Crippen LogP contribution in [0.1, 0.15) is 46.1 Å². The molecular weight excluding hydrogens is 717 g/mol. The van der Waals surface area contributed by atoms with Gasteiger partial charge in [-0.25, -0.2) is 4.98 Å². The Balaban J connectivity index is 0.946. The van der Waals surface area contributed by atoms with Crippen LogP contribution in [0.2, 0.25) is 0 Å². The summed E-state index contributed by atoms with van der Waals surface area (Å²) in [5.74, 6) is 3.58. The van der Waals surface area contributed by atoms with Crippen molar-refractivity contribution in [2.75, 3.05) is 11.9 Å². The van der Waals surface area contributed by atoms with Crippen molar-refractivity contribution in [3.8, 4) is 33.9 Å². The zero-order chi connectivity index (χ0) is 38.7. The zero-order valence-electron chi connectivity index (χ0n) is 32.7. The van der Waals surface area contributed by atoms with Gasteiger partial charge in [0.25, 0.3) is 0 Å². The van der Waals surface area contributed by atoms with E-state index in [0.717, 1.165) is 47.5 Å². The van der Waals surface area contributed by atoms with E-state index in [4.69, 9.17) is 4.98 Å². The number of hydrogen-bond acceptors (Lipinski definition) is 2. The summed E-state index contributed by atoms with van der Waals surface area (Å²) in [6.45, 7) is 0.987. The largest absolute Gasteiger partial charge is 0.371 e. The Bertz CT molecular complexity index is 3120. The van der Waals surface area contributed by atoms with Gasteiger partial charge >= 0.3 is 0 Å². The van der Waals surface area contributed by atoms with E-state index in [9.17, 15) is 0 Å². The molecule has 4 aliphatic carbocycles. The third kappa shape index (κ3) is 4.52. The number of hydrogen-bond donors (Lipinski definition) is 1. The standard InChI is InChI=1S/C55H42N4/c1-2-13-37(14-3-1)53-57-49-22-10-11-23-50(49)58(53)38-28-24-35(25-29-38)36-26-30-39(31-27-36)59-52-42(43-18-12-34-56-54(43)59)32-33-48-51(52)44-17-6-9-21-47(44)55(48)45-19-7-4-15-40(45)41-16-5-8-20-46(41)55/h1-11,13-17,19-33,40,44-45,47,56H,12,18,34H2. The van der Waals surface area contributed by atoms with Gasteiger partial charge in [-0.15, -0.1) is 0 Å². The smallest absolute Gasteiger partial charge is 0.145 e. The summed E-state index contributed by atoms with van der Waals surface area (Å²) in [7, 11) is 0. The van der Waals surface area contributed by atoms with Gasteiger partial charge in [-0.3, -0.25) is 9.13 Å². The molecule has 8 aromatic rings. The molecule has 282 valence electrons. The summed E-state index contributed by atoms with van der Waals surface area (Å²) >= 11 is 0. The quantitative estimate of drug-likeness (QED) is 0.194. The number of nitrogens with one attached hydrogen (secondary N) is 1. The van der Waals surface area contributed by atoms with Crippen molar-refractivity contribution in [1.29, 1.82) is 0 Å². The summed E-state index contributed by atoms with van der Waals surface area (Å²) in [5.41, 5.74) is 16.6. The van der Waals surface area contributed by atoms with E-state index in [1.807, 2.05) is 0 Å². The van der Waals surface area contributed by atoms with Crippen LogP contribution in [0.5, 0.6) is 0 Å². The minimum absolute atomic E-state index is 0.137. The lowest BCUT2D eigenvalue weighted by atomic mass is 9.61. The minimum atomic E-state index is -0.137. The average Bonchev–Trinajstić information content (AvgIpc) is 4.04. The number of benzene rings is 6. The van der Waals surface area contributed by atoms with Crippen LogP contribution < -0.4 is 5.32 Å². The van der Waals surface area contributed by atoms with Crippen molar-refractivity contribution in [1.82, 2.24) is 14.1 Å². The molecule has 0 radical (unpaired) electrons. The Morgan fingerprint density at radius 2 is 1.22 bits per heavy atom.